The van der Waals surface area contributed by atoms with Gasteiger partial charge in [0.05, 0.1) is 18.7 Å². The van der Waals surface area contributed by atoms with Crippen molar-refractivity contribution in [2.24, 2.45) is 0 Å². The standard InChI is InChI=1S/C18H24N4O2/c1-24-14-13-22-12-9-16(21-22)19-17(23)20-18(10-5-6-11-18)15-7-3-2-4-8-15/h2-4,7-9,12H,5-6,10-11,13-14H2,1H3,(H2,19,20,21,23). The number of rotatable bonds is 6. The second-order valence-electron chi connectivity index (χ2n) is 6.19. The quantitative estimate of drug-likeness (QED) is 0.856. The van der Waals surface area contributed by atoms with Crippen LogP contribution in [0.1, 0.15) is 31.2 Å². The molecule has 2 aromatic rings. The van der Waals surface area contributed by atoms with E-state index in [4.69, 9.17) is 4.74 Å². The van der Waals surface area contributed by atoms with Crippen molar-refractivity contribution >= 4 is 11.8 Å². The minimum absolute atomic E-state index is 0.210. The summed E-state index contributed by atoms with van der Waals surface area (Å²) in [5, 5.41) is 10.3. The molecule has 1 fully saturated rings. The number of aromatic nitrogens is 2. The monoisotopic (exact) mass is 328 g/mol. The molecule has 0 unspecified atom stereocenters. The maximum absolute atomic E-state index is 12.5. The van der Waals surface area contributed by atoms with Gasteiger partial charge in [0, 0.05) is 19.4 Å². The third kappa shape index (κ3) is 3.76. The van der Waals surface area contributed by atoms with E-state index in [1.807, 2.05) is 24.4 Å². The third-order valence-electron chi connectivity index (χ3n) is 4.54. The average molecular weight is 328 g/mol. The molecule has 24 heavy (non-hydrogen) atoms. The van der Waals surface area contributed by atoms with Gasteiger partial charge in [-0.25, -0.2) is 4.79 Å². The molecular weight excluding hydrogens is 304 g/mol. The smallest absolute Gasteiger partial charge is 0.321 e. The molecule has 1 saturated carbocycles. The zero-order valence-corrected chi connectivity index (χ0v) is 14.0. The average Bonchev–Trinajstić information content (AvgIpc) is 3.24. The van der Waals surface area contributed by atoms with E-state index in [-0.39, 0.29) is 11.6 Å². The number of methoxy groups -OCH3 is 1. The van der Waals surface area contributed by atoms with Gasteiger partial charge in [0.2, 0.25) is 0 Å². The summed E-state index contributed by atoms with van der Waals surface area (Å²) in [5.41, 5.74) is 0.896. The first-order valence-electron chi connectivity index (χ1n) is 8.39. The van der Waals surface area contributed by atoms with Gasteiger partial charge in [0.15, 0.2) is 5.82 Å². The topological polar surface area (TPSA) is 68.2 Å². The Morgan fingerprint density at radius 2 is 2.00 bits per heavy atom. The van der Waals surface area contributed by atoms with Crippen LogP contribution in [0.15, 0.2) is 42.6 Å². The van der Waals surface area contributed by atoms with Crippen LogP contribution in [0.5, 0.6) is 0 Å². The van der Waals surface area contributed by atoms with E-state index in [9.17, 15) is 4.79 Å². The van der Waals surface area contributed by atoms with Crippen molar-refractivity contribution in [1.82, 2.24) is 15.1 Å². The van der Waals surface area contributed by atoms with Gasteiger partial charge in [-0.1, -0.05) is 43.2 Å². The van der Waals surface area contributed by atoms with Crippen molar-refractivity contribution in [2.45, 2.75) is 37.8 Å². The van der Waals surface area contributed by atoms with Gasteiger partial charge in [-0.3, -0.25) is 10.00 Å². The maximum Gasteiger partial charge on any atom is 0.321 e. The lowest BCUT2D eigenvalue weighted by Crippen LogP contribution is -2.45. The summed E-state index contributed by atoms with van der Waals surface area (Å²) >= 11 is 0. The molecular formula is C18H24N4O2. The minimum Gasteiger partial charge on any atom is -0.383 e. The Morgan fingerprint density at radius 3 is 2.71 bits per heavy atom. The number of hydrogen-bond acceptors (Lipinski definition) is 3. The summed E-state index contributed by atoms with van der Waals surface area (Å²) in [7, 11) is 1.65. The van der Waals surface area contributed by atoms with Gasteiger partial charge < -0.3 is 10.1 Å². The van der Waals surface area contributed by atoms with Crippen LogP contribution in [0.25, 0.3) is 0 Å². The number of hydrogen-bond donors (Lipinski definition) is 2. The van der Waals surface area contributed by atoms with Crippen LogP contribution in [0.4, 0.5) is 10.6 Å². The summed E-state index contributed by atoms with van der Waals surface area (Å²) < 4.78 is 6.78. The van der Waals surface area contributed by atoms with Gasteiger partial charge in [0.1, 0.15) is 0 Å². The van der Waals surface area contributed by atoms with Crippen molar-refractivity contribution in [3.63, 3.8) is 0 Å². The van der Waals surface area contributed by atoms with E-state index in [2.05, 4.69) is 27.9 Å². The molecule has 128 valence electrons. The van der Waals surface area contributed by atoms with Crippen molar-refractivity contribution in [1.29, 1.82) is 0 Å². The van der Waals surface area contributed by atoms with Crippen LogP contribution in [-0.4, -0.2) is 29.5 Å². The SMILES string of the molecule is COCCn1ccc(NC(=O)NC2(c3ccccc3)CCCC2)n1. The number of nitrogens with one attached hydrogen (secondary N) is 2. The molecule has 0 atom stereocenters. The number of benzene rings is 1. The Morgan fingerprint density at radius 1 is 1.25 bits per heavy atom. The van der Waals surface area contributed by atoms with Crippen molar-refractivity contribution < 1.29 is 9.53 Å². The summed E-state index contributed by atoms with van der Waals surface area (Å²) in [4.78, 5) is 12.5. The normalized spacial score (nSPS) is 16.0. The lowest BCUT2D eigenvalue weighted by Gasteiger charge is -2.31. The van der Waals surface area contributed by atoms with E-state index < -0.39 is 0 Å². The Kier molecular flexibility index (Phi) is 5.15. The molecule has 0 bridgehead atoms. The molecule has 1 aromatic heterocycles. The Balaban J connectivity index is 1.65. The number of ether oxygens (including phenoxy) is 1. The summed E-state index contributed by atoms with van der Waals surface area (Å²) in [5.74, 6) is 0.546. The highest BCUT2D eigenvalue weighted by Crippen LogP contribution is 2.38. The Bertz CT molecular complexity index is 663. The molecule has 1 aliphatic rings. The van der Waals surface area contributed by atoms with Crippen LogP contribution >= 0.6 is 0 Å². The number of anilines is 1. The fourth-order valence-corrected chi connectivity index (χ4v) is 3.32. The van der Waals surface area contributed by atoms with Gasteiger partial charge in [0.25, 0.3) is 0 Å². The second kappa shape index (κ2) is 7.49. The number of amides is 2. The van der Waals surface area contributed by atoms with E-state index >= 15 is 0 Å². The summed E-state index contributed by atoms with van der Waals surface area (Å²) in [6.45, 7) is 1.25. The largest absolute Gasteiger partial charge is 0.383 e. The van der Waals surface area contributed by atoms with Gasteiger partial charge in [-0.15, -0.1) is 0 Å². The highest BCUT2D eigenvalue weighted by Gasteiger charge is 2.36. The van der Waals surface area contributed by atoms with Crippen LogP contribution in [0.3, 0.4) is 0 Å². The van der Waals surface area contributed by atoms with Crippen molar-refractivity contribution in [3.05, 3.63) is 48.2 Å². The van der Waals surface area contributed by atoms with Crippen LogP contribution in [0.2, 0.25) is 0 Å². The molecule has 6 heteroatoms. The van der Waals surface area contributed by atoms with Crippen LogP contribution in [0, 0.1) is 0 Å². The highest BCUT2D eigenvalue weighted by atomic mass is 16.5. The molecule has 1 heterocycles. The van der Waals surface area contributed by atoms with Crippen molar-refractivity contribution in [3.8, 4) is 0 Å². The fourth-order valence-electron chi connectivity index (χ4n) is 3.32. The lowest BCUT2D eigenvalue weighted by atomic mass is 9.88. The molecule has 1 aliphatic carbocycles. The fraction of sp³-hybridized carbons (Fsp3) is 0.444. The molecule has 6 nitrogen and oxygen atoms in total. The molecule has 2 amide bonds. The van der Waals surface area contributed by atoms with E-state index in [0.29, 0.717) is 19.0 Å². The van der Waals surface area contributed by atoms with E-state index in [1.165, 1.54) is 5.56 Å². The zero-order valence-electron chi connectivity index (χ0n) is 14.0. The second-order valence-corrected chi connectivity index (χ2v) is 6.19. The lowest BCUT2D eigenvalue weighted by molar-refractivity contribution is 0.183. The molecule has 2 N–H and O–H groups in total. The molecule has 1 aromatic carbocycles. The summed E-state index contributed by atoms with van der Waals surface area (Å²) in [6.07, 6.45) is 6.01. The molecule has 3 rings (SSSR count). The number of carbonyl (C=O) groups is 1. The number of carbonyl (C=O) groups excluding carboxylic acids is 1. The number of urea groups is 1. The first kappa shape index (κ1) is 16.5. The Labute approximate surface area is 142 Å². The predicted octanol–water partition coefficient (Wildman–Crippen LogP) is 3.12. The Hall–Kier alpha value is -2.34. The van der Waals surface area contributed by atoms with Gasteiger partial charge in [-0.05, 0) is 18.4 Å². The van der Waals surface area contributed by atoms with Gasteiger partial charge in [-0.2, -0.15) is 5.10 Å². The first-order chi connectivity index (χ1) is 11.7. The highest BCUT2D eigenvalue weighted by molar-refractivity contribution is 5.88. The maximum atomic E-state index is 12.5. The molecule has 0 saturated heterocycles. The minimum atomic E-state index is -0.274. The first-order valence-corrected chi connectivity index (χ1v) is 8.39. The van der Waals surface area contributed by atoms with Gasteiger partial charge >= 0.3 is 6.03 Å². The van der Waals surface area contributed by atoms with Crippen LogP contribution in [-0.2, 0) is 16.8 Å². The molecule has 0 spiro atoms. The summed E-state index contributed by atoms with van der Waals surface area (Å²) in [6, 6.07) is 11.8. The molecule has 0 radical (unpaired) electrons. The van der Waals surface area contributed by atoms with Crippen LogP contribution < -0.4 is 10.6 Å². The predicted molar refractivity (Wildman–Crippen MR) is 92.8 cm³/mol. The number of nitrogens with zero attached hydrogens (tertiary/aromatic N) is 2. The zero-order chi connectivity index (χ0) is 16.8. The van der Waals surface area contributed by atoms with Crippen molar-refractivity contribution in [2.75, 3.05) is 19.0 Å². The third-order valence-corrected chi connectivity index (χ3v) is 4.54. The van der Waals surface area contributed by atoms with E-state index in [0.717, 1.165) is 25.7 Å². The van der Waals surface area contributed by atoms with E-state index in [1.54, 1.807) is 17.9 Å². The molecule has 0 aliphatic heterocycles.